The quantitative estimate of drug-likeness (QED) is 0.254. The van der Waals surface area contributed by atoms with Crippen LogP contribution in [0, 0.1) is 0 Å². The Morgan fingerprint density at radius 2 is 2.00 bits per heavy atom. The van der Waals surface area contributed by atoms with Crippen LogP contribution in [0.5, 0.6) is 11.6 Å². The molecule has 1 aliphatic rings. The molecule has 1 atom stereocenters. The van der Waals surface area contributed by atoms with E-state index < -0.39 is 10.0 Å². The Labute approximate surface area is 222 Å². The van der Waals surface area contributed by atoms with Crippen LogP contribution in [0.1, 0.15) is 6.42 Å². The standard InChI is InChI=1S/C27H31N7O3S/c1-4-14-28-20-6-5-7-23(17-20)37-26-24-12-15-29-25(24)31-27(32-26)30-19-8-10-21(11-9-19)33(2)22-13-16-34(18-22)38(3,35)36/h4-12,15,17,22,28H,1,13-14,16,18H2,2-3H3,(H2,29,30,31,32). The minimum Gasteiger partial charge on any atom is -0.438 e. The number of ether oxygens (including phenoxy) is 1. The second-order valence-corrected chi connectivity index (χ2v) is 11.2. The number of anilines is 4. The molecular weight excluding hydrogens is 502 g/mol. The van der Waals surface area contributed by atoms with Crippen LogP contribution < -0.4 is 20.3 Å². The molecule has 1 unspecified atom stereocenters. The third kappa shape index (κ3) is 5.74. The molecule has 5 rings (SSSR count). The van der Waals surface area contributed by atoms with Crippen LogP contribution in [0.15, 0.2) is 73.4 Å². The highest BCUT2D eigenvalue weighted by molar-refractivity contribution is 7.88. The predicted molar refractivity (Wildman–Crippen MR) is 152 cm³/mol. The number of nitrogens with zero attached hydrogens (tertiary/aromatic N) is 4. The Bertz CT molecular complexity index is 1540. The van der Waals surface area contributed by atoms with Crippen LogP contribution in [-0.4, -0.2) is 66.7 Å². The second kappa shape index (κ2) is 10.7. The number of hydrogen-bond acceptors (Lipinski definition) is 8. The van der Waals surface area contributed by atoms with Gasteiger partial charge in [-0.3, -0.25) is 0 Å². The molecule has 1 fully saturated rings. The van der Waals surface area contributed by atoms with Gasteiger partial charge in [-0.25, -0.2) is 12.7 Å². The van der Waals surface area contributed by atoms with E-state index >= 15 is 0 Å². The third-order valence-electron chi connectivity index (χ3n) is 6.55. The van der Waals surface area contributed by atoms with Crippen molar-refractivity contribution >= 4 is 44.1 Å². The van der Waals surface area contributed by atoms with Crippen LogP contribution >= 0.6 is 0 Å². The molecule has 2 aromatic carbocycles. The average molecular weight is 534 g/mol. The Morgan fingerprint density at radius 1 is 1.18 bits per heavy atom. The Kier molecular flexibility index (Phi) is 7.21. The lowest BCUT2D eigenvalue weighted by Gasteiger charge is -2.27. The Morgan fingerprint density at radius 3 is 2.74 bits per heavy atom. The predicted octanol–water partition coefficient (Wildman–Crippen LogP) is 4.56. The van der Waals surface area contributed by atoms with E-state index in [2.05, 4.69) is 37.1 Å². The van der Waals surface area contributed by atoms with Crippen molar-refractivity contribution in [3.8, 4) is 11.6 Å². The largest absolute Gasteiger partial charge is 0.438 e. The fourth-order valence-corrected chi connectivity index (χ4v) is 5.35. The Balaban J connectivity index is 1.31. The van der Waals surface area contributed by atoms with Gasteiger partial charge in [0.1, 0.15) is 11.4 Å². The van der Waals surface area contributed by atoms with Crippen LogP contribution in [0.4, 0.5) is 23.0 Å². The number of likely N-dealkylation sites (N-methyl/N-ethyl adjacent to an activating group) is 1. The van der Waals surface area contributed by atoms with Crippen molar-refractivity contribution < 1.29 is 13.2 Å². The summed E-state index contributed by atoms with van der Waals surface area (Å²) in [4.78, 5) is 14.5. The van der Waals surface area contributed by atoms with Crippen molar-refractivity contribution in [3.63, 3.8) is 0 Å². The van der Waals surface area contributed by atoms with Crippen LogP contribution in [0.25, 0.3) is 11.0 Å². The number of hydrogen-bond donors (Lipinski definition) is 3. The molecule has 0 aliphatic carbocycles. The molecule has 0 radical (unpaired) electrons. The van der Waals surface area contributed by atoms with Crippen molar-refractivity contribution in [3.05, 3.63) is 73.4 Å². The SMILES string of the molecule is C=CCNc1cccc(Oc2nc(Nc3ccc(N(C)C4CCN(S(C)(=O)=O)C4)cc3)nc3[nH]ccc23)c1. The number of benzene rings is 2. The number of rotatable bonds is 10. The number of aromatic amines is 1. The maximum atomic E-state index is 11.9. The number of H-pyrrole nitrogens is 1. The summed E-state index contributed by atoms with van der Waals surface area (Å²) in [5, 5.41) is 7.29. The highest BCUT2D eigenvalue weighted by Crippen LogP contribution is 2.31. The van der Waals surface area contributed by atoms with Gasteiger partial charge in [-0.2, -0.15) is 9.97 Å². The number of nitrogens with one attached hydrogen (secondary N) is 3. The van der Waals surface area contributed by atoms with Gasteiger partial charge >= 0.3 is 0 Å². The maximum Gasteiger partial charge on any atom is 0.233 e. The molecule has 0 spiro atoms. The number of fused-ring (bicyclic) bond motifs is 1. The zero-order valence-electron chi connectivity index (χ0n) is 21.4. The summed E-state index contributed by atoms with van der Waals surface area (Å²) in [6, 6.07) is 17.6. The fourth-order valence-electron chi connectivity index (χ4n) is 4.47. The molecule has 10 nitrogen and oxygen atoms in total. The van der Waals surface area contributed by atoms with Gasteiger partial charge in [-0.1, -0.05) is 12.1 Å². The molecule has 38 heavy (non-hydrogen) atoms. The monoisotopic (exact) mass is 533 g/mol. The van der Waals surface area contributed by atoms with E-state index in [0.29, 0.717) is 42.9 Å². The average Bonchev–Trinajstić information content (AvgIpc) is 3.58. The number of aromatic nitrogens is 3. The third-order valence-corrected chi connectivity index (χ3v) is 7.82. The molecule has 1 aliphatic heterocycles. The lowest BCUT2D eigenvalue weighted by atomic mass is 10.2. The summed E-state index contributed by atoms with van der Waals surface area (Å²) < 4.78 is 31.4. The van der Waals surface area contributed by atoms with E-state index in [1.165, 1.54) is 10.6 Å². The minimum atomic E-state index is -3.17. The van der Waals surface area contributed by atoms with E-state index in [1.807, 2.05) is 61.6 Å². The van der Waals surface area contributed by atoms with Gasteiger partial charge in [0.25, 0.3) is 0 Å². The molecule has 198 valence electrons. The van der Waals surface area contributed by atoms with E-state index in [-0.39, 0.29) is 6.04 Å². The normalized spacial score (nSPS) is 15.9. The molecular formula is C27H31N7O3S. The van der Waals surface area contributed by atoms with Gasteiger partial charge in [0.2, 0.25) is 21.9 Å². The lowest BCUT2D eigenvalue weighted by molar-refractivity contribution is 0.469. The first-order valence-corrected chi connectivity index (χ1v) is 14.2. The summed E-state index contributed by atoms with van der Waals surface area (Å²) in [6.07, 6.45) is 5.66. The summed E-state index contributed by atoms with van der Waals surface area (Å²) >= 11 is 0. The molecule has 3 heterocycles. The molecule has 1 saturated heterocycles. The molecule has 0 saturated carbocycles. The summed E-state index contributed by atoms with van der Waals surface area (Å²) in [5.74, 6) is 1.49. The first kappa shape index (κ1) is 25.6. The van der Waals surface area contributed by atoms with Gasteiger partial charge in [0, 0.05) is 62.0 Å². The fraction of sp³-hybridized carbons (Fsp3) is 0.259. The van der Waals surface area contributed by atoms with Crippen molar-refractivity contribution in [2.45, 2.75) is 12.5 Å². The topological polar surface area (TPSA) is 115 Å². The summed E-state index contributed by atoms with van der Waals surface area (Å²) in [5.41, 5.74) is 3.41. The summed E-state index contributed by atoms with van der Waals surface area (Å²) in [6.45, 7) is 5.43. The van der Waals surface area contributed by atoms with Crippen molar-refractivity contribution in [1.82, 2.24) is 19.3 Å². The molecule has 0 amide bonds. The molecule has 2 aromatic heterocycles. The smallest absolute Gasteiger partial charge is 0.233 e. The lowest BCUT2D eigenvalue weighted by Crippen LogP contribution is -2.36. The van der Waals surface area contributed by atoms with Gasteiger partial charge in [0.15, 0.2) is 0 Å². The zero-order chi connectivity index (χ0) is 26.7. The zero-order valence-corrected chi connectivity index (χ0v) is 22.2. The molecule has 11 heteroatoms. The van der Waals surface area contributed by atoms with Gasteiger partial charge < -0.3 is 25.3 Å². The second-order valence-electron chi connectivity index (χ2n) is 9.24. The highest BCUT2D eigenvalue weighted by atomic mass is 32.2. The van der Waals surface area contributed by atoms with Crippen molar-refractivity contribution in [2.24, 2.45) is 0 Å². The number of sulfonamides is 1. The molecule has 3 N–H and O–H groups in total. The van der Waals surface area contributed by atoms with Crippen molar-refractivity contribution in [1.29, 1.82) is 0 Å². The Hall–Kier alpha value is -4.09. The van der Waals surface area contributed by atoms with Crippen LogP contribution in [0.3, 0.4) is 0 Å². The molecule has 4 aromatic rings. The highest BCUT2D eigenvalue weighted by Gasteiger charge is 2.31. The van der Waals surface area contributed by atoms with E-state index in [9.17, 15) is 8.42 Å². The van der Waals surface area contributed by atoms with Gasteiger partial charge in [0.05, 0.1) is 11.6 Å². The van der Waals surface area contributed by atoms with E-state index in [4.69, 9.17) is 4.74 Å². The van der Waals surface area contributed by atoms with Gasteiger partial charge in [-0.05, 0) is 48.9 Å². The first-order chi connectivity index (χ1) is 18.3. The molecule has 0 bridgehead atoms. The van der Waals surface area contributed by atoms with Crippen molar-refractivity contribution in [2.75, 3.05) is 48.5 Å². The summed E-state index contributed by atoms with van der Waals surface area (Å²) in [7, 11) is -1.18. The van der Waals surface area contributed by atoms with E-state index in [0.717, 1.165) is 28.9 Å². The maximum absolute atomic E-state index is 11.9. The minimum absolute atomic E-state index is 0.132. The first-order valence-electron chi connectivity index (χ1n) is 12.3. The van der Waals surface area contributed by atoms with Crippen LogP contribution in [0.2, 0.25) is 0 Å². The van der Waals surface area contributed by atoms with Gasteiger partial charge in [-0.15, -0.1) is 6.58 Å². The van der Waals surface area contributed by atoms with E-state index in [1.54, 1.807) is 12.3 Å². The van der Waals surface area contributed by atoms with Crippen LogP contribution in [-0.2, 0) is 10.0 Å².